The Balaban J connectivity index is 1.46. The first kappa shape index (κ1) is 18.2. The molecule has 0 atom stereocenters. The van der Waals surface area contributed by atoms with Crippen LogP contribution in [0.4, 0.5) is 5.95 Å². The molecule has 7 heteroatoms. The highest BCUT2D eigenvalue weighted by molar-refractivity contribution is 5.64. The lowest BCUT2D eigenvalue weighted by molar-refractivity contribution is 0.243. The largest absolute Gasteiger partial charge is 0.493 e. The summed E-state index contributed by atoms with van der Waals surface area (Å²) in [7, 11) is 3.26. The second kappa shape index (κ2) is 7.82. The highest BCUT2D eigenvalue weighted by atomic mass is 16.5. The van der Waals surface area contributed by atoms with Crippen LogP contribution >= 0.6 is 0 Å². The summed E-state index contributed by atoms with van der Waals surface area (Å²) in [4.78, 5) is 15.5. The molecule has 3 heterocycles. The minimum Gasteiger partial charge on any atom is -0.493 e. The number of nitrogens with two attached hydrogens (primary N) is 1. The molecule has 0 bridgehead atoms. The number of rotatable bonds is 5. The molecule has 0 fully saturated rings. The van der Waals surface area contributed by atoms with E-state index in [0.29, 0.717) is 17.4 Å². The fourth-order valence-electron chi connectivity index (χ4n) is 3.47. The maximum atomic E-state index is 5.68. The van der Waals surface area contributed by atoms with Crippen LogP contribution in [0.1, 0.15) is 16.8 Å². The molecular weight excluding hydrogens is 354 g/mol. The molecule has 0 unspecified atom stereocenters. The topological polar surface area (TPSA) is 86.4 Å². The molecule has 4 rings (SSSR count). The van der Waals surface area contributed by atoms with Gasteiger partial charge in [-0.15, -0.1) is 0 Å². The van der Waals surface area contributed by atoms with Gasteiger partial charge in [-0.3, -0.25) is 9.88 Å². The maximum Gasteiger partial charge on any atom is 0.220 e. The lowest BCUT2D eigenvalue weighted by Gasteiger charge is -2.27. The molecule has 2 N–H and O–H groups in total. The number of fused-ring (bicyclic) bond motifs is 1. The summed E-state index contributed by atoms with van der Waals surface area (Å²) >= 11 is 0. The first-order valence-corrected chi connectivity index (χ1v) is 9.16. The number of hydrogen-bond acceptors (Lipinski definition) is 7. The Kier molecular flexibility index (Phi) is 5.08. The van der Waals surface area contributed by atoms with Crippen LogP contribution in [0.5, 0.6) is 11.5 Å². The number of anilines is 1. The summed E-state index contributed by atoms with van der Waals surface area (Å²) < 4.78 is 10.7. The van der Waals surface area contributed by atoms with Gasteiger partial charge in [0, 0.05) is 49.6 Å². The van der Waals surface area contributed by atoms with Gasteiger partial charge in [-0.05, 0) is 29.8 Å². The fourth-order valence-corrected chi connectivity index (χ4v) is 3.47. The van der Waals surface area contributed by atoms with Crippen LogP contribution < -0.4 is 15.2 Å². The second-order valence-electron chi connectivity index (χ2n) is 6.78. The van der Waals surface area contributed by atoms with Gasteiger partial charge in [0.25, 0.3) is 0 Å². The number of benzene rings is 1. The lowest BCUT2D eigenvalue weighted by atomic mass is 10.1. The Bertz CT molecular complexity index is 975. The number of nitrogens with zero attached hydrogens (tertiary/aromatic N) is 4. The molecular formula is C21H23N5O2. The molecule has 1 aliphatic heterocycles. The molecule has 1 aromatic carbocycles. The first-order chi connectivity index (χ1) is 13.7. The van der Waals surface area contributed by atoms with Crippen molar-refractivity contribution >= 4 is 5.95 Å². The molecule has 1 aliphatic rings. The van der Waals surface area contributed by atoms with Crippen molar-refractivity contribution < 1.29 is 9.47 Å². The van der Waals surface area contributed by atoms with E-state index in [-0.39, 0.29) is 0 Å². The lowest BCUT2D eigenvalue weighted by Crippen LogP contribution is -2.31. The summed E-state index contributed by atoms with van der Waals surface area (Å²) in [5.41, 5.74) is 10.9. The molecule has 0 radical (unpaired) electrons. The maximum absolute atomic E-state index is 5.68. The van der Waals surface area contributed by atoms with E-state index < -0.39 is 0 Å². The van der Waals surface area contributed by atoms with Crippen LogP contribution in [-0.4, -0.2) is 40.6 Å². The van der Waals surface area contributed by atoms with Crippen LogP contribution in [0.15, 0.2) is 42.7 Å². The fraction of sp³-hybridized carbons (Fsp3) is 0.286. The van der Waals surface area contributed by atoms with Crippen molar-refractivity contribution in [2.45, 2.75) is 19.5 Å². The van der Waals surface area contributed by atoms with E-state index in [1.54, 1.807) is 14.2 Å². The molecule has 0 saturated heterocycles. The molecule has 2 aromatic heterocycles. The van der Waals surface area contributed by atoms with Crippen molar-refractivity contribution in [2.24, 2.45) is 0 Å². The van der Waals surface area contributed by atoms with Crippen molar-refractivity contribution in [3.05, 3.63) is 59.5 Å². The van der Waals surface area contributed by atoms with E-state index in [0.717, 1.165) is 48.6 Å². The van der Waals surface area contributed by atoms with Crippen molar-refractivity contribution in [2.75, 3.05) is 26.5 Å². The number of methoxy groups -OCH3 is 2. The summed E-state index contributed by atoms with van der Waals surface area (Å²) in [6, 6.07) is 9.97. The average Bonchev–Trinajstić information content (AvgIpc) is 2.74. The highest BCUT2D eigenvalue weighted by Gasteiger charge is 2.18. The third kappa shape index (κ3) is 3.75. The van der Waals surface area contributed by atoms with E-state index in [2.05, 4.69) is 25.9 Å². The minimum atomic E-state index is 0.349. The Labute approximate surface area is 164 Å². The highest BCUT2D eigenvalue weighted by Crippen LogP contribution is 2.31. The van der Waals surface area contributed by atoms with Gasteiger partial charge in [0.1, 0.15) is 0 Å². The van der Waals surface area contributed by atoms with Gasteiger partial charge in [0.15, 0.2) is 11.5 Å². The van der Waals surface area contributed by atoms with Crippen molar-refractivity contribution in [3.8, 4) is 22.8 Å². The van der Waals surface area contributed by atoms with Crippen LogP contribution in [0.3, 0.4) is 0 Å². The molecule has 0 spiro atoms. The van der Waals surface area contributed by atoms with E-state index in [1.165, 1.54) is 5.56 Å². The standard InChI is InChI=1S/C21H23N5O2/c1-27-19-6-4-15(9-20(19)28-2)17-5-3-14(10-23-17)12-26-8-7-18-16(13-26)11-24-21(22)25-18/h3-6,9-11H,7-8,12-13H2,1-2H3,(H2,22,24,25). The van der Waals surface area contributed by atoms with Gasteiger partial charge in [0.2, 0.25) is 5.95 Å². The van der Waals surface area contributed by atoms with Crippen LogP contribution in [0, 0.1) is 0 Å². The summed E-state index contributed by atoms with van der Waals surface area (Å²) in [6.45, 7) is 2.61. The van der Waals surface area contributed by atoms with Gasteiger partial charge >= 0.3 is 0 Å². The number of pyridine rings is 1. The summed E-state index contributed by atoms with van der Waals surface area (Å²) in [5.74, 6) is 1.75. The van der Waals surface area contributed by atoms with E-state index >= 15 is 0 Å². The van der Waals surface area contributed by atoms with E-state index in [9.17, 15) is 0 Å². The van der Waals surface area contributed by atoms with Gasteiger partial charge in [0.05, 0.1) is 25.6 Å². The van der Waals surface area contributed by atoms with Crippen molar-refractivity contribution in [3.63, 3.8) is 0 Å². The predicted octanol–water partition coefficient (Wildman–Crippen LogP) is 2.70. The van der Waals surface area contributed by atoms with Crippen molar-refractivity contribution in [1.29, 1.82) is 0 Å². The molecule has 28 heavy (non-hydrogen) atoms. The molecule has 0 amide bonds. The van der Waals surface area contributed by atoms with Crippen molar-refractivity contribution in [1.82, 2.24) is 19.9 Å². The third-order valence-electron chi connectivity index (χ3n) is 4.94. The smallest absolute Gasteiger partial charge is 0.220 e. The Morgan fingerprint density at radius 2 is 1.89 bits per heavy atom. The zero-order chi connectivity index (χ0) is 19.5. The van der Waals surface area contributed by atoms with Crippen LogP contribution in [0.25, 0.3) is 11.3 Å². The van der Waals surface area contributed by atoms with Crippen LogP contribution in [0.2, 0.25) is 0 Å². The Morgan fingerprint density at radius 3 is 2.64 bits per heavy atom. The minimum absolute atomic E-state index is 0.349. The first-order valence-electron chi connectivity index (χ1n) is 9.16. The van der Waals surface area contributed by atoms with Gasteiger partial charge in [-0.1, -0.05) is 6.07 Å². The Morgan fingerprint density at radius 1 is 1.04 bits per heavy atom. The number of ether oxygens (including phenoxy) is 2. The third-order valence-corrected chi connectivity index (χ3v) is 4.94. The van der Waals surface area contributed by atoms with Gasteiger partial charge < -0.3 is 15.2 Å². The average molecular weight is 377 g/mol. The second-order valence-corrected chi connectivity index (χ2v) is 6.78. The number of nitrogen functional groups attached to an aromatic ring is 1. The monoisotopic (exact) mass is 377 g/mol. The Hall–Kier alpha value is -3.19. The normalized spacial score (nSPS) is 13.8. The zero-order valence-corrected chi connectivity index (χ0v) is 16.1. The SMILES string of the molecule is COc1ccc(-c2ccc(CN3CCc4nc(N)ncc4C3)cn2)cc1OC. The molecule has 3 aromatic rings. The quantitative estimate of drug-likeness (QED) is 0.731. The summed E-state index contributed by atoms with van der Waals surface area (Å²) in [5, 5.41) is 0. The molecule has 0 aliphatic carbocycles. The number of aromatic nitrogens is 3. The van der Waals surface area contributed by atoms with Gasteiger partial charge in [-0.2, -0.15) is 0 Å². The molecule has 7 nitrogen and oxygen atoms in total. The van der Waals surface area contributed by atoms with Gasteiger partial charge in [-0.25, -0.2) is 9.97 Å². The predicted molar refractivity (Wildman–Crippen MR) is 107 cm³/mol. The molecule has 144 valence electrons. The zero-order valence-electron chi connectivity index (χ0n) is 16.1. The number of hydrogen-bond donors (Lipinski definition) is 1. The van der Waals surface area contributed by atoms with E-state index in [1.807, 2.05) is 36.7 Å². The molecule has 0 saturated carbocycles. The summed E-state index contributed by atoms with van der Waals surface area (Å²) in [6.07, 6.45) is 4.66. The van der Waals surface area contributed by atoms with Crippen LogP contribution in [-0.2, 0) is 19.5 Å². The van der Waals surface area contributed by atoms with E-state index in [4.69, 9.17) is 15.2 Å².